The number of hydrogen-bond donors (Lipinski definition) is 2. The molecule has 0 radical (unpaired) electrons. The molecule has 4 aromatic rings. The van der Waals surface area contributed by atoms with Gasteiger partial charge in [0.25, 0.3) is 5.91 Å². The molecule has 1 fully saturated rings. The minimum atomic E-state index is -0.560. The number of nitrogens with zero attached hydrogens (tertiary/aromatic N) is 5. The van der Waals surface area contributed by atoms with Gasteiger partial charge in [0, 0.05) is 72.7 Å². The topological polar surface area (TPSA) is 86.3 Å². The van der Waals surface area contributed by atoms with E-state index in [9.17, 15) is 9.18 Å². The number of fused-ring (bicyclic) bond motifs is 1. The largest absolute Gasteiger partial charge is 0.369 e. The lowest BCUT2D eigenvalue weighted by Crippen LogP contribution is -2.44. The lowest BCUT2D eigenvalue weighted by molar-refractivity contribution is -0.112. The molecule has 188 valence electrons. The second-order valence-corrected chi connectivity index (χ2v) is 9.05. The van der Waals surface area contributed by atoms with Crippen LogP contribution in [0, 0.1) is 0 Å². The minimum Gasteiger partial charge on any atom is -0.369 e. The van der Waals surface area contributed by atoms with E-state index in [-0.39, 0.29) is 0 Å². The summed E-state index contributed by atoms with van der Waals surface area (Å²) in [6.45, 7) is 5.38. The number of rotatable bonds is 6. The van der Waals surface area contributed by atoms with Crippen molar-refractivity contribution >= 4 is 39.8 Å². The van der Waals surface area contributed by atoms with Gasteiger partial charge in [-0.05, 0) is 56.4 Å². The van der Waals surface area contributed by atoms with Crippen LogP contribution in [0.4, 0.5) is 27.4 Å². The first kappa shape index (κ1) is 24.3. The number of halogens is 1. The highest BCUT2D eigenvalue weighted by Gasteiger charge is 2.14. The number of nitrogens with one attached hydrogen (secondary N) is 2. The van der Waals surface area contributed by atoms with Crippen LogP contribution in [0.5, 0.6) is 0 Å². The van der Waals surface area contributed by atoms with E-state index in [2.05, 4.69) is 49.6 Å². The normalized spacial score (nSPS) is 14.6. The molecule has 3 heterocycles. The molecule has 2 aromatic heterocycles. The zero-order valence-electron chi connectivity index (χ0n) is 20.8. The SMILES string of the molecule is C/C(F)=C\C(=O)Nc1cccc(-c2nccc3cnc(Nc4ccc(N5CCN(C)CC5)cc4)nc23)c1. The Balaban J connectivity index is 1.38. The van der Waals surface area contributed by atoms with Crippen LogP contribution in [-0.2, 0) is 4.79 Å². The van der Waals surface area contributed by atoms with Gasteiger partial charge < -0.3 is 20.4 Å². The lowest BCUT2D eigenvalue weighted by Gasteiger charge is -2.34. The van der Waals surface area contributed by atoms with E-state index in [0.29, 0.717) is 22.8 Å². The standard InChI is InChI=1S/C28H28FN7O/c1-19(29)16-25(37)32-23-5-3-4-20(17-23)26-27-21(10-11-30-26)18-31-28(34-27)33-22-6-8-24(9-7-22)36-14-12-35(2)13-15-36/h3-11,16-18H,12-15H2,1-2H3,(H,32,37)(H,31,33,34)/b19-16+. The fourth-order valence-electron chi connectivity index (χ4n) is 4.28. The van der Waals surface area contributed by atoms with E-state index >= 15 is 0 Å². The van der Waals surface area contributed by atoms with E-state index < -0.39 is 11.7 Å². The van der Waals surface area contributed by atoms with Crippen molar-refractivity contribution in [3.8, 4) is 11.3 Å². The first-order chi connectivity index (χ1) is 17.9. The van der Waals surface area contributed by atoms with Crippen molar-refractivity contribution in [2.45, 2.75) is 6.92 Å². The summed E-state index contributed by atoms with van der Waals surface area (Å²) in [6, 6.07) is 17.4. The number of aromatic nitrogens is 3. The fraction of sp³-hybridized carbons (Fsp3) is 0.214. The van der Waals surface area contributed by atoms with Gasteiger partial charge >= 0.3 is 0 Å². The van der Waals surface area contributed by atoms with Gasteiger partial charge in [-0.3, -0.25) is 9.78 Å². The van der Waals surface area contributed by atoms with Crippen LogP contribution in [0.25, 0.3) is 22.2 Å². The van der Waals surface area contributed by atoms with E-state index in [4.69, 9.17) is 4.98 Å². The van der Waals surface area contributed by atoms with Crippen LogP contribution in [0.1, 0.15) is 6.92 Å². The highest BCUT2D eigenvalue weighted by atomic mass is 19.1. The molecular weight excluding hydrogens is 469 g/mol. The van der Waals surface area contributed by atoms with Gasteiger partial charge in [-0.25, -0.2) is 14.4 Å². The van der Waals surface area contributed by atoms with Gasteiger partial charge in [0.05, 0.1) is 5.69 Å². The van der Waals surface area contributed by atoms with E-state index in [1.165, 1.54) is 12.6 Å². The second-order valence-electron chi connectivity index (χ2n) is 9.05. The Morgan fingerprint density at radius 1 is 1.00 bits per heavy atom. The molecule has 1 aliphatic heterocycles. The highest BCUT2D eigenvalue weighted by Crippen LogP contribution is 2.28. The average Bonchev–Trinajstić information content (AvgIpc) is 2.89. The fourth-order valence-corrected chi connectivity index (χ4v) is 4.28. The molecule has 0 atom stereocenters. The van der Waals surface area contributed by atoms with Crippen LogP contribution in [0.15, 0.2) is 78.9 Å². The molecule has 2 aromatic carbocycles. The molecule has 1 saturated heterocycles. The molecule has 0 spiro atoms. The molecule has 0 bridgehead atoms. The molecule has 9 heteroatoms. The third-order valence-electron chi connectivity index (χ3n) is 6.22. The Labute approximate surface area is 214 Å². The second kappa shape index (κ2) is 10.7. The molecule has 0 unspecified atom stereocenters. The molecule has 2 N–H and O–H groups in total. The van der Waals surface area contributed by atoms with Crippen LogP contribution < -0.4 is 15.5 Å². The number of likely N-dealkylation sites (N-methyl/N-ethyl adjacent to an activating group) is 1. The summed E-state index contributed by atoms with van der Waals surface area (Å²) in [5.41, 5.74) is 4.73. The number of anilines is 4. The number of carbonyl (C=O) groups excluding carboxylic acids is 1. The molecule has 8 nitrogen and oxygen atoms in total. The number of pyridine rings is 1. The predicted molar refractivity (Wildman–Crippen MR) is 146 cm³/mol. The van der Waals surface area contributed by atoms with Gasteiger partial charge in [-0.15, -0.1) is 0 Å². The van der Waals surface area contributed by atoms with E-state index in [0.717, 1.165) is 48.9 Å². The maximum atomic E-state index is 13.1. The molecule has 1 amide bonds. The van der Waals surface area contributed by atoms with Crippen molar-refractivity contribution in [1.29, 1.82) is 0 Å². The number of benzene rings is 2. The first-order valence-corrected chi connectivity index (χ1v) is 12.1. The maximum Gasteiger partial charge on any atom is 0.250 e. The monoisotopic (exact) mass is 497 g/mol. The summed E-state index contributed by atoms with van der Waals surface area (Å²) < 4.78 is 13.1. The number of carbonyl (C=O) groups is 1. The summed E-state index contributed by atoms with van der Waals surface area (Å²) in [5, 5.41) is 6.80. The van der Waals surface area contributed by atoms with Gasteiger partial charge in [-0.2, -0.15) is 0 Å². The van der Waals surface area contributed by atoms with Crippen LogP contribution in [0.2, 0.25) is 0 Å². The smallest absolute Gasteiger partial charge is 0.250 e. The molecule has 5 rings (SSSR count). The predicted octanol–water partition coefficient (Wildman–Crippen LogP) is 5.00. The van der Waals surface area contributed by atoms with Gasteiger partial charge in [-0.1, -0.05) is 12.1 Å². The average molecular weight is 498 g/mol. The van der Waals surface area contributed by atoms with Crippen LogP contribution in [-0.4, -0.2) is 59.0 Å². The van der Waals surface area contributed by atoms with Crippen molar-refractivity contribution in [3.63, 3.8) is 0 Å². The summed E-state index contributed by atoms with van der Waals surface area (Å²) >= 11 is 0. The quantitative estimate of drug-likeness (QED) is 0.363. The summed E-state index contributed by atoms with van der Waals surface area (Å²) in [6.07, 6.45) is 4.37. The third kappa shape index (κ3) is 5.90. The summed E-state index contributed by atoms with van der Waals surface area (Å²) in [7, 11) is 2.15. The van der Waals surface area contributed by atoms with Crippen LogP contribution >= 0.6 is 0 Å². The van der Waals surface area contributed by atoms with Gasteiger partial charge in [0.2, 0.25) is 5.95 Å². The molecular formula is C28H28FN7O. The zero-order chi connectivity index (χ0) is 25.8. The van der Waals surface area contributed by atoms with Crippen molar-refractivity contribution in [2.75, 3.05) is 48.8 Å². The number of hydrogen-bond acceptors (Lipinski definition) is 7. The van der Waals surface area contributed by atoms with Crippen LogP contribution in [0.3, 0.4) is 0 Å². The lowest BCUT2D eigenvalue weighted by atomic mass is 10.1. The minimum absolute atomic E-state index is 0.460. The Morgan fingerprint density at radius 2 is 1.78 bits per heavy atom. The Bertz CT molecular complexity index is 1440. The number of allylic oxidation sites excluding steroid dienone is 1. The van der Waals surface area contributed by atoms with Crippen molar-refractivity contribution in [1.82, 2.24) is 19.9 Å². The Hall–Kier alpha value is -4.37. The Morgan fingerprint density at radius 3 is 2.54 bits per heavy atom. The van der Waals surface area contributed by atoms with E-state index in [1.54, 1.807) is 30.6 Å². The molecule has 37 heavy (non-hydrogen) atoms. The number of piperazine rings is 1. The van der Waals surface area contributed by atoms with Crippen molar-refractivity contribution < 1.29 is 9.18 Å². The Kier molecular flexibility index (Phi) is 7.04. The summed E-state index contributed by atoms with van der Waals surface area (Å²) in [5.74, 6) is -0.632. The zero-order valence-corrected chi connectivity index (χ0v) is 20.8. The molecule has 1 aliphatic rings. The summed E-state index contributed by atoms with van der Waals surface area (Å²) in [4.78, 5) is 30.5. The van der Waals surface area contributed by atoms with Crippen molar-refractivity contribution in [2.24, 2.45) is 0 Å². The van der Waals surface area contributed by atoms with Gasteiger partial charge in [0.1, 0.15) is 11.3 Å². The maximum absolute atomic E-state index is 13.1. The first-order valence-electron chi connectivity index (χ1n) is 12.1. The van der Waals surface area contributed by atoms with Gasteiger partial charge in [0.15, 0.2) is 0 Å². The molecule has 0 aliphatic carbocycles. The third-order valence-corrected chi connectivity index (χ3v) is 6.22. The molecule has 0 saturated carbocycles. The number of amides is 1. The highest BCUT2D eigenvalue weighted by molar-refractivity contribution is 6.00. The van der Waals surface area contributed by atoms with Crippen molar-refractivity contribution in [3.05, 3.63) is 78.9 Å². The van der Waals surface area contributed by atoms with E-state index in [1.807, 2.05) is 24.3 Å².